The molecular weight excluding hydrogens is 255 g/mol. The van der Waals surface area contributed by atoms with Gasteiger partial charge >= 0.3 is 5.63 Å². The number of halogens is 1. The van der Waals surface area contributed by atoms with Gasteiger partial charge in [0.05, 0.1) is 5.39 Å². The molecule has 2 aromatic carbocycles. The van der Waals surface area contributed by atoms with Gasteiger partial charge in [0.15, 0.2) is 0 Å². The van der Waals surface area contributed by atoms with Gasteiger partial charge in [-0.1, -0.05) is 30.3 Å². The molecule has 0 aliphatic heterocycles. The van der Waals surface area contributed by atoms with Crippen molar-refractivity contribution in [2.45, 2.75) is 12.8 Å². The second kappa shape index (κ2) is 4.04. The van der Waals surface area contributed by atoms with Crippen LogP contribution in [0.25, 0.3) is 22.1 Å². The van der Waals surface area contributed by atoms with E-state index < -0.39 is 11.4 Å². The van der Waals surface area contributed by atoms with Crippen LogP contribution in [0.5, 0.6) is 0 Å². The molecule has 0 unspecified atom stereocenters. The molecule has 3 heteroatoms. The number of hydrogen-bond donors (Lipinski definition) is 0. The maximum Gasteiger partial charge on any atom is 0.344 e. The van der Waals surface area contributed by atoms with Crippen LogP contribution in [0.4, 0.5) is 4.39 Å². The fourth-order valence-electron chi connectivity index (χ4n) is 2.97. The van der Waals surface area contributed by atoms with Crippen LogP contribution in [0.1, 0.15) is 11.1 Å². The van der Waals surface area contributed by atoms with Crippen molar-refractivity contribution in [2.75, 3.05) is 0 Å². The summed E-state index contributed by atoms with van der Waals surface area (Å²) in [5.74, 6) is 0.219. The van der Waals surface area contributed by atoms with Crippen LogP contribution in [0, 0.1) is 5.82 Å². The molecule has 0 atom stereocenters. The lowest BCUT2D eigenvalue weighted by Gasteiger charge is -2.19. The van der Waals surface area contributed by atoms with Gasteiger partial charge in [-0.05, 0) is 35.9 Å². The molecule has 4 rings (SSSR count). The average molecular weight is 266 g/mol. The van der Waals surface area contributed by atoms with Crippen LogP contribution in [0.2, 0.25) is 0 Å². The molecule has 0 fully saturated rings. The Kier molecular flexibility index (Phi) is 2.30. The van der Waals surface area contributed by atoms with E-state index in [2.05, 4.69) is 0 Å². The molecule has 0 amide bonds. The first kappa shape index (κ1) is 11.4. The lowest BCUT2D eigenvalue weighted by molar-refractivity contribution is 0.524. The number of benzene rings is 2. The molecule has 3 aromatic rings. The molecular formula is C17H11FO2. The third kappa shape index (κ3) is 1.53. The summed E-state index contributed by atoms with van der Waals surface area (Å²) in [6.07, 6.45) is 1.71. The molecule has 1 aliphatic rings. The minimum atomic E-state index is -0.477. The summed E-state index contributed by atoms with van der Waals surface area (Å²) >= 11 is 0. The van der Waals surface area contributed by atoms with Crippen molar-refractivity contribution in [3.8, 4) is 11.3 Å². The Labute approximate surface area is 114 Å². The monoisotopic (exact) mass is 266 g/mol. The quantitative estimate of drug-likeness (QED) is 0.621. The molecule has 98 valence electrons. The lowest BCUT2D eigenvalue weighted by atomic mass is 9.88. The van der Waals surface area contributed by atoms with Crippen LogP contribution < -0.4 is 5.63 Å². The van der Waals surface area contributed by atoms with Gasteiger partial charge in [-0.3, -0.25) is 0 Å². The summed E-state index contributed by atoms with van der Waals surface area (Å²) in [6.45, 7) is 0. The molecule has 20 heavy (non-hydrogen) atoms. The van der Waals surface area contributed by atoms with Gasteiger partial charge in [-0.25, -0.2) is 9.18 Å². The lowest BCUT2D eigenvalue weighted by Crippen LogP contribution is -2.10. The average Bonchev–Trinajstić information content (AvgIpc) is 2.47. The standard InChI is InChI=1S/C17H11FO2/c18-11-6-8-13-14-7-5-10-3-1-2-4-12(10)16(14)20-17(19)15(13)9-11/h1-4,6,8-9H,5,7H2. The van der Waals surface area contributed by atoms with Gasteiger partial charge in [0, 0.05) is 11.1 Å². The van der Waals surface area contributed by atoms with Crippen LogP contribution in [0.3, 0.4) is 0 Å². The van der Waals surface area contributed by atoms with E-state index in [-0.39, 0.29) is 0 Å². The first-order valence-electron chi connectivity index (χ1n) is 6.57. The van der Waals surface area contributed by atoms with E-state index in [1.807, 2.05) is 24.3 Å². The van der Waals surface area contributed by atoms with Crippen molar-refractivity contribution in [1.29, 1.82) is 0 Å². The highest BCUT2D eigenvalue weighted by Crippen LogP contribution is 2.35. The van der Waals surface area contributed by atoms with Crippen molar-refractivity contribution in [2.24, 2.45) is 0 Å². The maximum absolute atomic E-state index is 13.3. The summed E-state index contributed by atoms with van der Waals surface area (Å²) in [4.78, 5) is 12.1. The Bertz CT molecular complexity index is 893. The van der Waals surface area contributed by atoms with Crippen LogP contribution in [-0.2, 0) is 12.8 Å². The van der Waals surface area contributed by atoms with Gasteiger partial charge < -0.3 is 4.42 Å². The van der Waals surface area contributed by atoms with Crippen LogP contribution in [0.15, 0.2) is 51.7 Å². The van der Waals surface area contributed by atoms with Crippen LogP contribution in [-0.4, -0.2) is 0 Å². The second-order valence-corrected chi connectivity index (χ2v) is 5.04. The SMILES string of the molecule is O=c1oc2c(c3ccc(F)cc13)CCc1ccccc1-2. The Hall–Kier alpha value is -2.42. The Morgan fingerprint density at radius 3 is 2.75 bits per heavy atom. The van der Waals surface area contributed by atoms with Crippen LogP contribution >= 0.6 is 0 Å². The molecule has 1 aromatic heterocycles. The third-order valence-electron chi connectivity index (χ3n) is 3.90. The van der Waals surface area contributed by atoms with Crippen molar-refractivity contribution in [1.82, 2.24) is 0 Å². The van der Waals surface area contributed by atoms with E-state index >= 15 is 0 Å². The Balaban J connectivity index is 2.14. The largest absolute Gasteiger partial charge is 0.422 e. The van der Waals surface area contributed by atoms with E-state index in [9.17, 15) is 9.18 Å². The molecule has 0 N–H and O–H groups in total. The highest BCUT2D eigenvalue weighted by Gasteiger charge is 2.21. The Morgan fingerprint density at radius 2 is 1.85 bits per heavy atom. The third-order valence-corrected chi connectivity index (χ3v) is 3.90. The summed E-state index contributed by atoms with van der Waals surface area (Å²) in [6, 6.07) is 12.2. The molecule has 0 radical (unpaired) electrons. The molecule has 2 nitrogen and oxygen atoms in total. The zero-order valence-corrected chi connectivity index (χ0v) is 10.7. The fourth-order valence-corrected chi connectivity index (χ4v) is 2.97. The maximum atomic E-state index is 13.3. The highest BCUT2D eigenvalue weighted by molar-refractivity contribution is 5.89. The Morgan fingerprint density at radius 1 is 1.00 bits per heavy atom. The smallest absolute Gasteiger partial charge is 0.344 e. The summed E-state index contributed by atoms with van der Waals surface area (Å²) in [7, 11) is 0. The first-order valence-corrected chi connectivity index (χ1v) is 6.57. The molecule has 1 aliphatic carbocycles. The van der Waals surface area contributed by atoms with Crippen molar-refractivity contribution in [3.05, 3.63) is 69.8 Å². The van der Waals surface area contributed by atoms with E-state index in [1.165, 1.54) is 17.7 Å². The van der Waals surface area contributed by atoms with E-state index in [0.717, 1.165) is 29.4 Å². The number of aryl methyl sites for hydroxylation is 2. The van der Waals surface area contributed by atoms with Gasteiger partial charge in [0.25, 0.3) is 0 Å². The first-order chi connectivity index (χ1) is 9.74. The molecule has 0 spiro atoms. The fraction of sp³-hybridized carbons (Fsp3) is 0.118. The summed E-state index contributed by atoms with van der Waals surface area (Å²) in [5, 5.41) is 1.12. The zero-order chi connectivity index (χ0) is 13.7. The van der Waals surface area contributed by atoms with Gasteiger partial charge in [-0.15, -0.1) is 0 Å². The normalized spacial score (nSPS) is 13.1. The predicted molar refractivity (Wildman–Crippen MR) is 75.3 cm³/mol. The van der Waals surface area contributed by atoms with E-state index in [0.29, 0.717) is 11.1 Å². The molecule has 0 saturated heterocycles. The second-order valence-electron chi connectivity index (χ2n) is 5.04. The van der Waals surface area contributed by atoms with Gasteiger partial charge in [0.2, 0.25) is 0 Å². The van der Waals surface area contributed by atoms with Gasteiger partial charge in [-0.2, -0.15) is 0 Å². The van der Waals surface area contributed by atoms with Crippen molar-refractivity contribution >= 4 is 10.8 Å². The minimum Gasteiger partial charge on any atom is -0.422 e. The highest BCUT2D eigenvalue weighted by atomic mass is 19.1. The van der Waals surface area contributed by atoms with Crippen molar-refractivity contribution < 1.29 is 8.81 Å². The number of hydrogen-bond acceptors (Lipinski definition) is 2. The van der Waals surface area contributed by atoms with Gasteiger partial charge in [0.1, 0.15) is 11.6 Å². The van der Waals surface area contributed by atoms with E-state index in [1.54, 1.807) is 6.07 Å². The topological polar surface area (TPSA) is 30.2 Å². The summed E-state index contributed by atoms with van der Waals surface area (Å²) in [5.41, 5.74) is 2.68. The minimum absolute atomic E-state index is 0.322. The summed E-state index contributed by atoms with van der Waals surface area (Å²) < 4.78 is 18.8. The molecule has 0 saturated carbocycles. The zero-order valence-electron chi connectivity index (χ0n) is 10.7. The number of rotatable bonds is 0. The number of fused-ring (bicyclic) bond motifs is 5. The van der Waals surface area contributed by atoms with Crippen molar-refractivity contribution in [3.63, 3.8) is 0 Å². The molecule has 1 heterocycles. The predicted octanol–water partition coefficient (Wildman–Crippen LogP) is 3.70. The molecule has 0 bridgehead atoms. The van der Waals surface area contributed by atoms with E-state index in [4.69, 9.17) is 4.42 Å².